The van der Waals surface area contributed by atoms with Gasteiger partial charge in [0, 0.05) is 50.2 Å². The molecule has 6 nitrogen and oxygen atoms in total. The molecule has 4 atom stereocenters. The second-order valence-corrected chi connectivity index (χ2v) is 11.0. The van der Waals surface area contributed by atoms with Crippen LogP contribution in [0, 0.1) is 18.8 Å². The number of carbonyl (C=O) groups excluding carboxylic acids is 1. The number of amides is 1. The fraction of sp³-hybridized carbons (Fsp3) is 0.581. The number of hydrogen-bond donors (Lipinski definition) is 2. The van der Waals surface area contributed by atoms with Gasteiger partial charge in [0.05, 0.1) is 5.60 Å². The Hall–Kier alpha value is -2.41. The number of ether oxygens (including phenoxy) is 2. The molecule has 0 bridgehead atoms. The van der Waals surface area contributed by atoms with Gasteiger partial charge in [-0.25, -0.2) is 0 Å². The minimum atomic E-state index is -1.12. The quantitative estimate of drug-likeness (QED) is 0.411. The van der Waals surface area contributed by atoms with Crippen LogP contribution in [-0.2, 0) is 15.1 Å². The summed E-state index contributed by atoms with van der Waals surface area (Å²) in [5.41, 5.74) is 6.93. The van der Waals surface area contributed by atoms with Gasteiger partial charge < -0.3 is 25.2 Å². The zero-order valence-electron chi connectivity index (χ0n) is 22.5. The molecule has 1 aliphatic carbocycles. The number of likely N-dealkylation sites (tertiary alicyclic amines) is 1. The highest BCUT2D eigenvalue weighted by atomic mass is 16.5. The van der Waals surface area contributed by atoms with Crippen LogP contribution < -0.4 is 10.5 Å². The SMILES string of the molecule is COCCCCC(O)(c1ccccc1Oc1ccccc1C)C1CCCN(C(=O)C2CCCC(N)C2)C1. The second kappa shape index (κ2) is 12.9. The van der Waals surface area contributed by atoms with E-state index in [0.717, 1.165) is 74.8 Å². The van der Waals surface area contributed by atoms with E-state index in [4.69, 9.17) is 15.2 Å². The van der Waals surface area contributed by atoms with Crippen LogP contribution in [0.3, 0.4) is 0 Å². The highest BCUT2D eigenvalue weighted by Crippen LogP contribution is 2.45. The van der Waals surface area contributed by atoms with Crippen molar-refractivity contribution < 1.29 is 19.4 Å². The molecule has 2 aliphatic rings. The van der Waals surface area contributed by atoms with Crippen LogP contribution >= 0.6 is 0 Å². The third kappa shape index (κ3) is 6.73. The van der Waals surface area contributed by atoms with E-state index in [1.807, 2.05) is 60.4 Å². The van der Waals surface area contributed by atoms with Crippen LogP contribution in [0.1, 0.15) is 68.9 Å². The number of para-hydroxylation sites is 2. The van der Waals surface area contributed by atoms with Crippen LogP contribution in [-0.4, -0.2) is 48.8 Å². The zero-order chi connectivity index (χ0) is 26.3. The van der Waals surface area contributed by atoms with Gasteiger partial charge in [0.2, 0.25) is 5.91 Å². The lowest BCUT2D eigenvalue weighted by molar-refractivity contribution is -0.142. The van der Waals surface area contributed by atoms with Crippen molar-refractivity contribution in [1.29, 1.82) is 0 Å². The number of benzene rings is 2. The first-order valence-corrected chi connectivity index (χ1v) is 14.0. The number of aliphatic hydroxyl groups is 1. The maximum atomic E-state index is 13.5. The minimum absolute atomic E-state index is 0.00831. The van der Waals surface area contributed by atoms with Gasteiger partial charge in [-0.05, 0) is 76.0 Å². The van der Waals surface area contributed by atoms with Gasteiger partial charge in [0.15, 0.2) is 0 Å². The largest absolute Gasteiger partial charge is 0.457 e. The van der Waals surface area contributed by atoms with Gasteiger partial charge in [0.1, 0.15) is 11.5 Å². The Bertz CT molecular complexity index is 1030. The summed E-state index contributed by atoms with van der Waals surface area (Å²) < 4.78 is 11.7. The van der Waals surface area contributed by atoms with Crippen molar-refractivity contribution >= 4 is 5.91 Å². The number of methoxy groups -OCH3 is 1. The lowest BCUT2D eigenvalue weighted by Gasteiger charge is -2.44. The van der Waals surface area contributed by atoms with Crippen molar-refractivity contribution in [2.24, 2.45) is 17.6 Å². The highest BCUT2D eigenvalue weighted by molar-refractivity contribution is 5.79. The highest BCUT2D eigenvalue weighted by Gasteiger charge is 2.43. The van der Waals surface area contributed by atoms with Crippen molar-refractivity contribution in [1.82, 2.24) is 4.90 Å². The summed E-state index contributed by atoms with van der Waals surface area (Å²) >= 11 is 0. The summed E-state index contributed by atoms with van der Waals surface area (Å²) in [6.45, 7) is 4.00. The number of carbonyl (C=O) groups is 1. The van der Waals surface area contributed by atoms with Gasteiger partial charge in [-0.2, -0.15) is 0 Å². The topological polar surface area (TPSA) is 85.0 Å². The average Bonchev–Trinajstić information content (AvgIpc) is 2.92. The summed E-state index contributed by atoms with van der Waals surface area (Å²) in [5, 5.41) is 12.5. The molecule has 0 spiro atoms. The molecule has 1 saturated heterocycles. The van der Waals surface area contributed by atoms with Crippen LogP contribution in [0.15, 0.2) is 48.5 Å². The molecule has 1 saturated carbocycles. The Morgan fingerprint density at radius 2 is 1.81 bits per heavy atom. The van der Waals surface area contributed by atoms with Crippen molar-refractivity contribution in [3.05, 3.63) is 59.7 Å². The second-order valence-electron chi connectivity index (χ2n) is 11.0. The van der Waals surface area contributed by atoms with E-state index in [1.165, 1.54) is 0 Å². The molecule has 2 aromatic rings. The standard InChI is InChI=1S/C31H44N2O4/c1-23-11-3-5-16-28(23)37-29-17-6-4-15-27(29)31(35,18-7-8-20-36-2)25-13-10-19-33(22-25)30(34)24-12-9-14-26(32)21-24/h3-6,11,15-17,24-26,35H,7-10,12-14,18-22,32H2,1-2H3. The summed E-state index contributed by atoms with van der Waals surface area (Å²) in [4.78, 5) is 15.5. The fourth-order valence-electron chi connectivity index (χ4n) is 6.18. The van der Waals surface area contributed by atoms with Crippen molar-refractivity contribution in [2.75, 3.05) is 26.8 Å². The van der Waals surface area contributed by atoms with Crippen molar-refractivity contribution in [3.63, 3.8) is 0 Å². The van der Waals surface area contributed by atoms with Crippen LogP contribution in [0.5, 0.6) is 11.5 Å². The molecule has 6 heteroatoms. The summed E-state index contributed by atoms with van der Waals surface area (Å²) in [5.74, 6) is 1.60. The summed E-state index contributed by atoms with van der Waals surface area (Å²) in [7, 11) is 1.71. The monoisotopic (exact) mass is 508 g/mol. The Balaban J connectivity index is 1.61. The zero-order valence-corrected chi connectivity index (χ0v) is 22.5. The molecule has 1 heterocycles. The van der Waals surface area contributed by atoms with E-state index in [9.17, 15) is 9.90 Å². The number of hydrogen-bond acceptors (Lipinski definition) is 5. The number of piperidine rings is 1. The Kier molecular flexibility index (Phi) is 9.63. The van der Waals surface area contributed by atoms with Crippen LogP contribution in [0.2, 0.25) is 0 Å². The maximum Gasteiger partial charge on any atom is 0.225 e. The fourth-order valence-corrected chi connectivity index (χ4v) is 6.18. The molecule has 2 aromatic carbocycles. The summed E-state index contributed by atoms with van der Waals surface area (Å²) in [6, 6.07) is 15.9. The van der Waals surface area contributed by atoms with E-state index >= 15 is 0 Å². The van der Waals surface area contributed by atoms with Crippen LogP contribution in [0.25, 0.3) is 0 Å². The first kappa shape index (κ1) is 27.6. The molecule has 1 aliphatic heterocycles. The van der Waals surface area contributed by atoms with E-state index in [2.05, 4.69) is 0 Å². The maximum absolute atomic E-state index is 13.5. The molecule has 4 rings (SSSR count). The average molecular weight is 509 g/mol. The predicted octanol–water partition coefficient (Wildman–Crippen LogP) is 5.55. The smallest absolute Gasteiger partial charge is 0.225 e. The molecule has 0 aromatic heterocycles. The molecule has 202 valence electrons. The first-order chi connectivity index (χ1) is 17.9. The number of nitrogens with zero attached hydrogens (tertiary/aromatic N) is 1. The van der Waals surface area contributed by atoms with Crippen LogP contribution in [0.4, 0.5) is 0 Å². The van der Waals surface area contributed by atoms with Gasteiger partial charge in [-0.15, -0.1) is 0 Å². The minimum Gasteiger partial charge on any atom is -0.457 e. The lowest BCUT2D eigenvalue weighted by Crippen LogP contribution is -2.50. The molecule has 4 unspecified atom stereocenters. The van der Waals surface area contributed by atoms with Crippen molar-refractivity contribution in [2.45, 2.75) is 76.4 Å². The molecule has 0 radical (unpaired) electrons. The summed E-state index contributed by atoms with van der Waals surface area (Å²) in [6.07, 6.45) is 7.75. The van der Waals surface area contributed by atoms with Gasteiger partial charge >= 0.3 is 0 Å². The third-order valence-electron chi connectivity index (χ3n) is 8.30. The number of nitrogens with two attached hydrogens (primary N) is 1. The number of rotatable bonds is 10. The Morgan fingerprint density at radius 3 is 2.57 bits per heavy atom. The molecule has 1 amide bonds. The number of unbranched alkanes of at least 4 members (excludes halogenated alkanes) is 1. The predicted molar refractivity (Wildman–Crippen MR) is 147 cm³/mol. The Labute approximate surface area is 222 Å². The van der Waals surface area contributed by atoms with Gasteiger partial charge in [-0.3, -0.25) is 4.79 Å². The molecular weight excluding hydrogens is 464 g/mol. The normalized spacial score (nSPS) is 23.9. The molecule has 2 fully saturated rings. The third-order valence-corrected chi connectivity index (χ3v) is 8.30. The number of aryl methyl sites for hydroxylation is 1. The van der Waals surface area contributed by atoms with Gasteiger partial charge in [0.25, 0.3) is 0 Å². The van der Waals surface area contributed by atoms with E-state index in [0.29, 0.717) is 25.3 Å². The lowest BCUT2D eigenvalue weighted by atomic mass is 9.73. The molecular formula is C31H44N2O4. The van der Waals surface area contributed by atoms with Gasteiger partial charge in [-0.1, -0.05) is 42.8 Å². The first-order valence-electron chi connectivity index (χ1n) is 14.0. The Morgan fingerprint density at radius 1 is 1.05 bits per heavy atom. The van der Waals surface area contributed by atoms with Crippen molar-refractivity contribution in [3.8, 4) is 11.5 Å². The molecule has 37 heavy (non-hydrogen) atoms. The van der Waals surface area contributed by atoms with E-state index in [-0.39, 0.29) is 23.8 Å². The van der Waals surface area contributed by atoms with E-state index < -0.39 is 5.60 Å². The molecule has 3 N–H and O–H groups in total. The van der Waals surface area contributed by atoms with E-state index in [1.54, 1.807) is 7.11 Å².